The van der Waals surface area contributed by atoms with Crippen LogP contribution in [-0.4, -0.2) is 39.2 Å². The lowest BCUT2D eigenvalue weighted by Crippen LogP contribution is -2.32. The van der Waals surface area contributed by atoms with Crippen LogP contribution in [0.4, 0.5) is 4.79 Å². The number of benzene rings is 4. The van der Waals surface area contributed by atoms with Crippen molar-refractivity contribution in [3.63, 3.8) is 0 Å². The van der Waals surface area contributed by atoms with Crippen LogP contribution in [0.5, 0.6) is 5.75 Å². The monoisotopic (exact) mass is 627 g/mol. The number of rotatable bonds is 10. The van der Waals surface area contributed by atoms with E-state index in [1.807, 2.05) is 31.2 Å². The number of amides is 1. The second-order valence-electron chi connectivity index (χ2n) is 12.1. The Balaban J connectivity index is 1.25. The first-order chi connectivity index (χ1) is 21.4. The van der Waals surface area contributed by atoms with E-state index in [1.54, 1.807) is 45.0 Å². The summed E-state index contributed by atoms with van der Waals surface area (Å²) >= 11 is 0. The Labute approximate surface area is 264 Å². The van der Waals surface area contributed by atoms with Gasteiger partial charge in [0.2, 0.25) is 0 Å². The number of alkyl carbamates (subject to hydrolysis) is 1. The number of carbonyl (C=O) groups is 2. The summed E-state index contributed by atoms with van der Waals surface area (Å²) in [7, 11) is -4.02. The van der Waals surface area contributed by atoms with E-state index in [1.165, 1.54) is 24.3 Å². The molecule has 9 heteroatoms. The Morgan fingerprint density at radius 1 is 0.822 bits per heavy atom. The predicted octanol–water partition coefficient (Wildman–Crippen LogP) is 7.12. The number of nitrogens with one attached hydrogen (secondary N) is 1. The van der Waals surface area contributed by atoms with Gasteiger partial charge in [-0.1, -0.05) is 78.4 Å². The van der Waals surface area contributed by atoms with Gasteiger partial charge in [-0.25, -0.2) is 4.79 Å². The molecule has 1 unspecified atom stereocenters. The molecule has 0 saturated heterocycles. The Hall–Kier alpha value is -4.63. The van der Waals surface area contributed by atoms with E-state index in [9.17, 15) is 18.0 Å². The van der Waals surface area contributed by atoms with Crippen molar-refractivity contribution in [2.24, 2.45) is 0 Å². The molecule has 0 heterocycles. The van der Waals surface area contributed by atoms with Gasteiger partial charge in [0.05, 0.1) is 6.42 Å². The maximum atomic E-state index is 12.9. The second kappa shape index (κ2) is 13.2. The van der Waals surface area contributed by atoms with Gasteiger partial charge in [-0.3, -0.25) is 4.79 Å². The second-order valence-corrected chi connectivity index (χ2v) is 13.7. The molecule has 0 fully saturated rings. The van der Waals surface area contributed by atoms with Crippen molar-refractivity contribution in [3.8, 4) is 16.9 Å². The summed E-state index contributed by atoms with van der Waals surface area (Å²) in [6.45, 7) is 7.49. The molecule has 234 valence electrons. The van der Waals surface area contributed by atoms with Crippen LogP contribution in [0.25, 0.3) is 11.1 Å². The molecule has 0 bridgehead atoms. The molecular formula is C36H37NO7S. The van der Waals surface area contributed by atoms with Crippen molar-refractivity contribution in [1.82, 2.24) is 5.32 Å². The third-order valence-electron chi connectivity index (χ3n) is 7.54. The lowest BCUT2D eigenvalue weighted by atomic mass is 9.95. The van der Waals surface area contributed by atoms with Crippen LogP contribution in [0.2, 0.25) is 0 Å². The smallest absolute Gasteiger partial charge is 0.407 e. The minimum absolute atomic E-state index is 0.0111. The average molecular weight is 628 g/mol. The molecule has 1 amide bonds. The molecule has 0 radical (unpaired) electrons. The van der Waals surface area contributed by atoms with Crippen molar-refractivity contribution >= 4 is 22.2 Å². The first-order valence-electron chi connectivity index (χ1n) is 14.8. The lowest BCUT2D eigenvalue weighted by Gasteiger charge is -2.23. The lowest BCUT2D eigenvalue weighted by molar-refractivity contribution is -0.155. The normalized spacial score (nSPS) is 13.3. The van der Waals surface area contributed by atoms with Crippen molar-refractivity contribution in [1.29, 1.82) is 0 Å². The molecule has 0 aliphatic heterocycles. The van der Waals surface area contributed by atoms with Crippen LogP contribution in [0, 0.1) is 6.92 Å². The number of hydrogen-bond acceptors (Lipinski definition) is 7. The van der Waals surface area contributed by atoms with Gasteiger partial charge in [-0.05, 0) is 79.8 Å². The summed E-state index contributed by atoms with van der Waals surface area (Å²) in [5.74, 6) is -0.850. The van der Waals surface area contributed by atoms with Gasteiger partial charge in [0.25, 0.3) is 0 Å². The molecule has 1 N–H and O–H groups in total. The Kier molecular flexibility index (Phi) is 9.29. The SMILES string of the molecule is Cc1ccc(S(=O)(=O)Oc2ccc(C(CNC(=O)OCC3c4ccccc4-c4ccccc43)CC(=O)OC(C)(C)C)cc2)cc1. The molecule has 45 heavy (non-hydrogen) atoms. The van der Waals surface area contributed by atoms with Gasteiger partial charge in [0.15, 0.2) is 0 Å². The van der Waals surface area contributed by atoms with Crippen molar-refractivity contribution in [2.75, 3.05) is 13.2 Å². The molecule has 4 aromatic rings. The summed E-state index contributed by atoms with van der Waals surface area (Å²) in [6, 6.07) is 29.0. The largest absolute Gasteiger partial charge is 0.460 e. The standard InChI is InChI=1S/C36H37NO7S/c1-24-13-19-28(20-14-24)45(40,41)44-27-17-15-25(16-18-27)26(21-34(38)43-36(2,3)4)22-37-35(39)42-23-33-31-11-7-5-9-29(31)30-10-6-8-12-32(30)33/h5-20,26,33H,21-23H2,1-4H3,(H,37,39). The molecule has 0 saturated carbocycles. The van der Waals surface area contributed by atoms with Crippen LogP contribution in [0.3, 0.4) is 0 Å². The van der Waals surface area contributed by atoms with E-state index in [0.29, 0.717) is 5.56 Å². The topological polar surface area (TPSA) is 108 Å². The molecule has 1 atom stereocenters. The molecule has 5 rings (SSSR count). The number of ether oxygens (including phenoxy) is 2. The molecular weight excluding hydrogens is 590 g/mol. The van der Waals surface area contributed by atoms with Crippen LogP contribution in [-0.2, 0) is 24.4 Å². The first-order valence-corrected chi connectivity index (χ1v) is 16.2. The highest BCUT2D eigenvalue weighted by Gasteiger charge is 2.29. The average Bonchev–Trinajstić information content (AvgIpc) is 3.31. The molecule has 1 aliphatic rings. The zero-order chi connectivity index (χ0) is 32.2. The summed E-state index contributed by atoms with van der Waals surface area (Å²) < 4.78 is 42.0. The zero-order valence-corrected chi connectivity index (χ0v) is 26.6. The molecule has 8 nitrogen and oxygen atoms in total. The summed E-state index contributed by atoms with van der Waals surface area (Å²) in [6.07, 6.45) is -0.613. The minimum Gasteiger partial charge on any atom is -0.460 e. The number of carbonyl (C=O) groups excluding carboxylic acids is 2. The van der Waals surface area contributed by atoms with Gasteiger partial charge in [-0.2, -0.15) is 8.42 Å². The summed E-state index contributed by atoms with van der Waals surface area (Å²) in [5.41, 5.74) is 5.45. The fourth-order valence-corrected chi connectivity index (χ4v) is 6.35. The van der Waals surface area contributed by atoms with Crippen LogP contribution in [0.1, 0.15) is 61.3 Å². The number of esters is 1. The van der Waals surface area contributed by atoms with Crippen LogP contribution in [0.15, 0.2) is 102 Å². The van der Waals surface area contributed by atoms with E-state index >= 15 is 0 Å². The van der Waals surface area contributed by atoms with Crippen molar-refractivity contribution < 1.29 is 31.7 Å². The first kappa shape index (κ1) is 31.8. The Morgan fingerprint density at radius 2 is 1.40 bits per heavy atom. The fraction of sp³-hybridized carbons (Fsp3) is 0.278. The maximum Gasteiger partial charge on any atom is 0.407 e. The van der Waals surface area contributed by atoms with Gasteiger partial charge in [0, 0.05) is 18.4 Å². The van der Waals surface area contributed by atoms with Crippen LogP contribution >= 0.6 is 0 Å². The molecule has 0 aromatic heterocycles. The Bertz CT molecular complexity index is 1730. The number of fused-ring (bicyclic) bond motifs is 3. The zero-order valence-electron chi connectivity index (χ0n) is 25.8. The quantitative estimate of drug-likeness (QED) is 0.147. The van der Waals surface area contributed by atoms with Gasteiger partial charge in [-0.15, -0.1) is 0 Å². The van der Waals surface area contributed by atoms with Crippen molar-refractivity contribution in [3.05, 3.63) is 119 Å². The molecule has 1 aliphatic carbocycles. The highest BCUT2D eigenvalue weighted by Crippen LogP contribution is 2.44. The Morgan fingerprint density at radius 3 is 1.98 bits per heavy atom. The predicted molar refractivity (Wildman–Crippen MR) is 172 cm³/mol. The van der Waals surface area contributed by atoms with Gasteiger partial charge in [0.1, 0.15) is 22.9 Å². The highest BCUT2D eigenvalue weighted by molar-refractivity contribution is 7.87. The maximum absolute atomic E-state index is 12.9. The van der Waals surface area contributed by atoms with E-state index in [2.05, 4.69) is 29.6 Å². The minimum atomic E-state index is -4.02. The van der Waals surface area contributed by atoms with Crippen LogP contribution < -0.4 is 9.50 Å². The third kappa shape index (κ3) is 7.91. The molecule has 4 aromatic carbocycles. The van der Waals surface area contributed by atoms with E-state index < -0.39 is 33.7 Å². The highest BCUT2D eigenvalue weighted by atomic mass is 32.2. The summed E-state index contributed by atoms with van der Waals surface area (Å²) in [4.78, 5) is 25.7. The number of hydrogen-bond donors (Lipinski definition) is 1. The number of aryl methyl sites for hydroxylation is 1. The summed E-state index contributed by atoms with van der Waals surface area (Å²) in [5, 5.41) is 2.80. The molecule has 0 spiro atoms. The fourth-order valence-electron chi connectivity index (χ4n) is 5.42. The van der Waals surface area contributed by atoms with Gasteiger partial charge < -0.3 is 19.0 Å². The van der Waals surface area contributed by atoms with E-state index in [-0.39, 0.29) is 36.1 Å². The van der Waals surface area contributed by atoms with E-state index in [4.69, 9.17) is 13.7 Å². The van der Waals surface area contributed by atoms with E-state index in [0.717, 1.165) is 27.8 Å². The van der Waals surface area contributed by atoms with Gasteiger partial charge >= 0.3 is 22.2 Å². The third-order valence-corrected chi connectivity index (χ3v) is 8.80. The van der Waals surface area contributed by atoms with Crippen molar-refractivity contribution in [2.45, 2.75) is 56.4 Å².